The van der Waals surface area contributed by atoms with Gasteiger partial charge in [0.1, 0.15) is 0 Å². The molecule has 0 saturated carbocycles. The molecule has 40 valence electrons. The molecule has 0 saturated heterocycles. The third-order valence-electron chi connectivity index (χ3n) is 0. The molecule has 0 unspecified atom stereocenters. The Hall–Kier alpha value is 1.06. The van der Waals surface area contributed by atoms with Crippen molar-refractivity contribution in [3.05, 3.63) is 6.92 Å². The predicted molar refractivity (Wildman–Crippen MR) is 30.6 cm³/mol. The number of hydrogen-bond acceptors (Lipinski definition) is 0. The van der Waals surface area contributed by atoms with Crippen LogP contribution in [0.2, 0.25) is 0 Å². The average molecular weight is 131 g/mol. The van der Waals surface area contributed by atoms with Gasteiger partial charge in [-0.15, -0.1) is 0 Å². The van der Waals surface area contributed by atoms with E-state index in [9.17, 15) is 0 Å². The van der Waals surface area contributed by atoms with Gasteiger partial charge < -0.3 is 19.3 Å². The number of rotatable bonds is 0. The Morgan fingerprint density at radius 1 is 1.14 bits per heavy atom. The summed E-state index contributed by atoms with van der Waals surface area (Å²) in [5.41, 5.74) is 0.250. The van der Waals surface area contributed by atoms with E-state index in [0.29, 0.717) is 0 Å². The Labute approximate surface area is 68.6 Å². The topological polar surface area (TPSA) is 0 Å². The SMILES string of the molecule is [CH2-]C(C)(C)C.[Cl-].[Mg+2]. The smallest absolute Gasteiger partial charge is 1.00 e. The quantitative estimate of drug-likeness (QED) is 0.277. The van der Waals surface area contributed by atoms with E-state index in [1.807, 2.05) is 0 Å². The molecular formula is C5H11ClMg. The van der Waals surface area contributed by atoms with Crippen LogP contribution in [-0.4, -0.2) is 23.1 Å². The minimum atomic E-state index is 0. The van der Waals surface area contributed by atoms with Crippen molar-refractivity contribution in [2.45, 2.75) is 20.8 Å². The minimum Gasteiger partial charge on any atom is -1.00 e. The van der Waals surface area contributed by atoms with Crippen LogP contribution < -0.4 is 12.4 Å². The van der Waals surface area contributed by atoms with E-state index in [1.165, 1.54) is 0 Å². The van der Waals surface area contributed by atoms with Crippen molar-refractivity contribution in [2.75, 3.05) is 0 Å². The first-order valence-electron chi connectivity index (χ1n) is 1.85. The second-order valence-electron chi connectivity index (χ2n) is 2.56. The van der Waals surface area contributed by atoms with Gasteiger partial charge in [0, 0.05) is 0 Å². The van der Waals surface area contributed by atoms with Crippen molar-refractivity contribution in [3.8, 4) is 0 Å². The molecule has 0 aromatic rings. The first-order chi connectivity index (χ1) is 2.00. The van der Waals surface area contributed by atoms with Gasteiger partial charge in [-0.25, -0.2) is 0 Å². The molecule has 0 N–H and O–H groups in total. The van der Waals surface area contributed by atoms with Gasteiger partial charge >= 0.3 is 23.1 Å². The van der Waals surface area contributed by atoms with E-state index < -0.39 is 0 Å². The van der Waals surface area contributed by atoms with Crippen molar-refractivity contribution in [1.82, 2.24) is 0 Å². The molecule has 2 heteroatoms. The third kappa shape index (κ3) is 162. The predicted octanol–water partition coefficient (Wildman–Crippen LogP) is -1.51. The monoisotopic (exact) mass is 130 g/mol. The number of halogens is 1. The normalized spacial score (nSPS) is 8.57. The first-order valence-corrected chi connectivity index (χ1v) is 1.85. The zero-order valence-electron chi connectivity index (χ0n) is 5.29. The van der Waals surface area contributed by atoms with E-state index in [1.54, 1.807) is 0 Å². The van der Waals surface area contributed by atoms with E-state index >= 15 is 0 Å². The summed E-state index contributed by atoms with van der Waals surface area (Å²) in [7, 11) is 0. The van der Waals surface area contributed by atoms with Crippen LogP contribution in [0.4, 0.5) is 0 Å². The Bertz CT molecular complexity index is 23.6. The van der Waals surface area contributed by atoms with Crippen LogP contribution in [0.3, 0.4) is 0 Å². The molecular weight excluding hydrogens is 120 g/mol. The number of hydrogen-bond donors (Lipinski definition) is 0. The van der Waals surface area contributed by atoms with Crippen LogP contribution in [-0.2, 0) is 0 Å². The second-order valence-corrected chi connectivity index (χ2v) is 2.56. The van der Waals surface area contributed by atoms with Gasteiger partial charge in [-0.1, -0.05) is 20.8 Å². The molecule has 0 atom stereocenters. The van der Waals surface area contributed by atoms with Gasteiger partial charge in [0.05, 0.1) is 0 Å². The van der Waals surface area contributed by atoms with Crippen molar-refractivity contribution < 1.29 is 12.4 Å². The summed E-state index contributed by atoms with van der Waals surface area (Å²) >= 11 is 0. The fourth-order valence-corrected chi connectivity index (χ4v) is 0. The molecule has 0 amide bonds. The molecule has 0 aliphatic heterocycles. The summed E-state index contributed by atoms with van der Waals surface area (Å²) < 4.78 is 0. The van der Waals surface area contributed by atoms with Crippen molar-refractivity contribution in [2.24, 2.45) is 5.41 Å². The summed E-state index contributed by atoms with van der Waals surface area (Å²) in [6.07, 6.45) is 0. The molecule has 7 heavy (non-hydrogen) atoms. The molecule has 0 radical (unpaired) electrons. The Kier molecular flexibility index (Phi) is 11.7. The summed E-state index contributed by atoms with van der Waals surface area (Å²) in [5, 5.41) is 0. The van der Waals surface area contributed by atoms with Crippen LogP contribution in [0, 0.1) is 12.3 Å². The first kappa shape index (κ1) is 15.7. The van der Waals surface area contributed by atoms with Gasteiger partial charge in [-0.3, -0.25) is 0 Å². The van der Waals surface area contributed by atoms with Gasteiger partial charge in [0.15, 0.2) is 0 Å². The molecule has 0 bridgehead atoms. The van der Waals surface area contributed by atoms with E-state index in [-0.39, 0.29) is 40.9 Å². The second kappa shape index (κ2) is 5.20. The maximum Gasteiger partial charge on any atom is 2.00 e. The Morgan fingerprint density at radius 3 is 1.14 bits per heavy atom. The van der Waals surface area contributed by atoms with Crippen LogP contribution in [0.25, 0.3) is 0 Å². The Morgan fingerprint density at radius 2 is 1.14 bits per heavy atom. The standard InChI is InChI=1S/C5H11.ClH.Mg/c1-5(2,3)4;;/h1H2,2-4H3;1H;/q-1;;+2/p-1. The summed E-state index contributed by atoms with van der Waals surface area (Å²) in [6, 6.07) is 0. The fraction of sp³-hybridized carbons (Fsp3) is 0.800. The van der Waals surface area contributed by atoms with Crippen LogP contribution in [0.1, 0.15) is 20.8 Å². The zero-order chi connectivity index (χ0) is 4.50. The summed E-state index contributed by atoms with van der Waals surface area (Å²) in [5.74, 6) is 0. The van der Waals surface area contributed by atoms with E-state index in [0.717, 1.165) is 0 Å². The molecule has 0 aromatic carbocycles. The van der Waals surface area contributed by atoms with E-state index in [4.69, 9.17) is 0 Å². The fourth-order valence-electron chi connectivity index (χ4n) is 0. The molecule has 0 fully saturated rings. The van der Waals surface area contributed by atoms with Gasteiger partial charge in [0.2, 0.25) is 0 Å². The van der Waals surface area contributed by atoms with Gasteiger partial charge in [0.25, 0.3) is 0 Å². The van der Waals surface area contributed by atoms with Crippen LogP contribution in [0.15, 0.2) is 0 Å². The van der Waals surface area contributed by atoms with Gasteiger partial charge in [-0.2, -0.15) is 5.41 Å². The van der Waals surface area contributed by atoms with Crippen LogP contribution in [0.5, 0.6) is 0 Å². The summed E-state index contributed by atoms with van der Waals surface area (Å²) in [6.45, 7) is 10.0. The van der Waals surface area contributed by atoms with Crippen molar-refractivity contribution in [1.29, 1.82) is 0 Å². The van der Waals surface area contributed by atoms with Crippen molar-refractivity contribution >= 4 is 23.1 Å². The molecule has 0 heterocycles. The largest absolute Gasteiger partial charge is 2.00 e. The third-order valence-corrected chi connectivity index (χ3v) is 0. The Balaban J connectivity index is -0.0000000800. The molecule has 0 aliphatic carbocycles. The van der Waals surface area contributed by atoms with Crippen molar-refractivity contribution in [3.63, 3.8) is 0 Å². The molecule has 0 nitrogen and oxygen atoms in total. The van der Waals surface area contributed by atoms with E-state index in [2.05, 4.69) is 27.7 Å². The maximum absolute atomic E-state index is 3.77. The minimum absolute atomic E-state index is 0. The zero-order valence-corrected chi connectivity index (χ0v) is 7.46. The molecule has 0 aromatic heterocycles. The average Bonchev–Trinajstić information content (AvgIpc) is 0.722. The maximum atomic E-state index is 3.77. The molecule has 0 spiro atoms. The molecule has 0 rings (SSSR count). The molecule has 0 aliphatic rings. The van der Waals surface area contributed by atoms with Gasteiger partial charge in [-0.05, 0) is 0 Å². The van der Waals surface area contributed by atoms with Crippen LogP contribution >= 0.6 is 0 Å². The summed E-state index contributed by atoms with van der Waals surface area (Å²) in [4.78, 5) is 0.